The highest BCUT2D eigenvalue weighted by Gasteiger charge is 2.28. The number of aliphatic hydroxyl groups excluding tert-OH is 1. The van der Waals surface area contributed by atoms with Gasteiger partial charge in [0.2, 0.25) is 0 Å². The highest BCUT2D eigenvalue weighted by molar-refractivity contribution is 6.00. The van der Waals surface area contributed by atoms with Crippen LogP contribution in [0.2, 0.25) is 0 Å². The topological polar surface area (TPSA) is 94.1 Å². The predicted molar refractivity (Wildman–Crippen MR) is 121 cm³/mol. The van der Waals surface area contributed by atoms with E-state index in [0.29, 0.717) is 34.8 Å². The first-order valence-electron chi connectivity index (χ1n) is 10.7. The van der Waals surface area contributed by atoms with Gasteiger partial charge in [-0.2, -0.15) is 0 Å². The first-order chi connectivity index (χ1) is 15.5. The summed E-state index contributed by atoms with van der Waals surface area (Å²) in [5, 5.41) is 21.1. The smallest absolute Gasteiger partial charge is 0.335 e. The second-order valence-corrected chi connectivity index (χ2v) is 8.25. The third kappa shape index (κ3) is 3.39. The van der Waals surface area contributed by atoms with Crippen LogP contribution in [0.1, 0.15) is 28.8 Å². The number of ether oxygens (including phenoxy) is 2. The van der Waals surface area contributed by atoms with Crippen LogP contribution >= 0.6 is 0 Å². The van der Waals surface area contributed by atoms with Crippen LogP contribution in [0.15, 0.2) is 40.8 Å². The molecule has 0 unspecified atom stereocenters. The zero-order valence-corrected chi connectivity index (χ0v) is 18.1. The molecule has 2 aromatic heterocycles. The Morgan fingerprint density at radius 2 is 1.97 bits per heavy atom. The second-order valence-electron chi connectivity index (χ2n) is 8.25. The molecule has 7 heteroatoms. The Bertz CT molecular complexity index is 1330. The lowest BCUT2D eigenvalue weighted by molar-refractivity contribution is 0.0696. The first kappa shape index (κ1) is 20.5. The number of carboxylic acid groups (broad SMARTS) is 1. The zero-order valence-electron chi connectivity index (χ0n) is 18.1. The van der Waals surface area contributed by atoms with Gasteiger partial charge in [0.05, 0.1) is 36.4 Å². The molecule has 7 nitrogen and oxygen atoms in total. The van der Waals surface area contributed by atoms with Crippen LogP contribution in [0.25, 0.3) is 33.3 Å². The molecule has 2 aromatic carbocycles. The molecular weight excluding hydrogens is 410 g/mol. The van der Waals surface area contributed by atoms with E-state index in [-0.39, 0.29) is 12.2 Å². The molecule has 0 radical (unpaired) electrons. The molecule has 2 N–H and O–H groups in total. The average molecular weight is 435 g/mol. The molecule has 0 aliphatic heterocycles. The van der Waals surface area contributed by atoms with Crippen molar-refractivity contribution in [1.29, 1.82) is 0 Å². The molecule has 1 aliphatic carbocycles. The molecular formula is C25H25NO6. The normalized spacial score (nSPS) is 13.7. The van der Waals surface area contributed by atoms with E-state index in [1.807, 2.05) is 18.2 Å². The number of hydrogen-bond acceptors (Lipinski definition) is 5. The summed E-state index contributed by atoms with van der Waals surface area (Å²) in [5.74, 6) is 1.40. The van der Waals surface area contributed by atoms with Crippen LogP contribution in [-0.2, 0) is 13.0 Å². The van der Waals surface area contributed by atoms with Gasteiger partial charge in [0.1, 0.15) is 17.1 Å². The van der Waals surface area contributed by atoms with Crippen molar-refractivity contribution >= 4 is 27.8 Å². The molecule has 32 heavy (non-hydrogen) atoms. The minimum absolute atomic E-state index is 0.0673. The summed E-state index contributed by atoms with van der Waals surface area (Å²) in [4.78, 5) is 11.6. The van der Waals surface area contributed by atoms with Crippen molar-refractivity contribution in [3.63, 3.8) is 0 Å². The number of rotatable bonds is 8. The Morgan fingerprint density at radius 3 is 2.62 bits per heavy atom. The summed E-state index contributed by atoms with van der Waals surface area (Å²) in [6.07, 6.45) is 2.75. The number of aromatic carboxylic acids is 1. The number of furan rings is 1. The lowest BCUT2D eigenvalue weighted by Gasteiger charge is -2.11. The number of aromatic nitrogens is 1. The van der Waals surface area contributed by atoms with Crippen LogP contribution in [0.5, 0.6) is 11.5 Å². The molecule has 2 heterocycles. The Labute approximate surface area is 184 Å². The van der Waals surface area contributed by atoms with Crippen LogP contribution in [0.4, 0.5) is 0 Å². The van der Waals surface area contributed by atoms with Crippen molar-refractivity contribution in [3.05, 3.63) is 47.5 Å². The Morgan fingerprint density at radius 1 is 1.16 bits per heavy atom. The molecule has 0 saturated heterocycles. The lowest BCUT2D eigenvalue weighted by Crippen LogP contribution is -2.03. The van der Waals surface area contributed by atoms with Crippen LogP contribution in [0.3, 0.4) is 0 Å². The van der Waals surface area contributed by atoms with E-state index in [1.165, 1.54) is 32.1 Å². The fourth-order valence-electron chi connectivity index (χ4n) is 4.40. The fraction of sp³-hybridized carbons (Fsp3) is 0.320. The van der Waals surface area contributed by atoms with Gasteiger partial charge in [-0.3, -0.25) is 0 Å². The van der Waals surface area contributed by atoms with Gasteiger partial charge >= 0.3 is 5.97 Å². The maximum Gasteiger partial charge on any atom is 0.335 e. The summed E-state index contributed by atoms with van der Waals surface area (Å²) < 4.78 is 19.5. The summed E-state index contributed by atoms with van der Waals surface area (Å²) >= 11 is 0. The number of carbonyl (C=O) groups is 1. The minimum Gasteiger partial charge on any atom is -0.497 e. The van der Waals surface area contributed by atoms with Gasteiger partial charge < -0.3 is 28.7 Å². The second kappa shape index (κ2) is 7.91. The van der Waals surface area contributed by atoms with Gasteiger partial charge in [0.15, 0.2) is 5.76 Å². The standard InChI is InChI=1S/C25H25NO6/c1-30-17-6-5-15-9-20(26(19(15)12-17)13-14-3-4-14)24-18(7-8-27)23-21(31-2)10-16(25(28)29)11-22(23)32-24/h5-6,9-12,14,27H,3-4,7-8,13H2,1-2H3,(H,28,29). The molecule has 1 fully saturated rings. The summed E-state index contributed by atoms with van der Waals surface area (Å²) in [6.45, 7) is 0.793. The third-order valence-corrected chi connectivity index (χ3v) is 6.16. The lowest BCUT2D eigenvalue weighted by atomic mass is 10.0. The van der Waals surface area contributed by atoms with Crippen molar-refractivity contribution in [2.24, 2.45) is 5.92 Å². The van der Waals surface area contributed by atoms with Crippen LogP contribution < -0.4 is 9.47 Å². The molecule has 166 valence electrons. The van der Waals surface area contributed by atoms with Gasteiger partial charge in [0.25, 0.3) is 0 Å². The molecule has 0 amide bonds. The van der Waals surface area contributed by atoms with E-state index >= 15 is 0 Å². The largest absolute Gasteiger partial charge is 0.497 e. The van der Waals surface area contributed by atoms with E-state index in [9.17, 15) is 15.0 Å². The molecule has 1 saturated carbocycles. The SMILES string of the molecule is COc1ccc2cc(-c3oc4cc(C(=O)O)cc(OC)c4c3CCO)n(CC3CC3)c2c1. The van der Waals surface area contributed by atoms with Crippen molar-refractivity contribution in [2.75, 3.05) is 20.8 Å². The number of fused-ring (bicyclic) bond motifs is 2. The first-order valence-corrected chi connectivity index (χ1v) is 10.7. The van der Waals surface area contributed by atoms with Crippen molar-refractivity contribution in [3.8, 4) is 23.0 Å². The van der Waals surface area contributed by atoms with E-state index < -0.39 is 5.97 Å². The molecule has 5 rings (SSSR count). The van der Waals surface area contributed by atoms with E-state index in [1.54, 1.807) is 7.11 Å². The predicted octanol–water partition coefficient (Wildman–Crippen LogP) is 4.71. The third-order valence-electron chi connectivity index (χ3n) is 6.16. The average Bonchev–Trinajstić information content (AvgIpc) is 3.45. The molecule has 0 bridgehead atoms. The van der Waals surface area contributed by atoms with Gasteiger partial charge in [-0.15, -0.1) is 0 Å². The van der Waals surface area contributed by atoms with Gasteiger partial charge in [0, 0.05) is 36.6 Å². The number of benzene rings is 2. The zero-order chi connectivity index (χ0) is 22.4. The number of carboxylic acids is 1. The van der Waals surface area contributed by atoms with Crippen molar-refractivity contribution < 1.29 is 28.9 Å². The maximum absolute atomic E-state index is 11.6. The number of nitrogens with zero attached hydrogens (tertiary/aromatic N) is 1. The Balaban J connectivity index is 1.80. The van der Waals surface area contributed by atoms with Crippen molar-refractivity contribution in [1.82, 2.24) is 4.57 Å². The minimum atomic E-state index is -1.05. The fourth-order valence-corrected chi connectivity index (χ4v) is 4.40. The van der Waals surface area contributed by atoms with Crippen LogP contribution in [-0.4, -0.2) is 41.6 Å². The Hall–Kier alpha value is -3.45. The highest BCUT2D eigenvalue weighted by atomic mass is 16.5. The van der Waals surface area contributed by atoms with E-state index in [2.05, 4.69) is 10.6 Å². The summed E-state index contributed by atoms with van der Waals surface area (Å²) in [7, 11) is 3.16. The number of aliphatic hydroxyl groups is 1. The molecule has 0 spiro atoms. The number of hydrogen-bond donors (Lipinski definition) is 2. The van der Waals surface area contributed by atoms with Crippen molar-refractivity contribution in [2.45, 2.75) is 25.8 Å². The maximum atomic E-state index is 11.6. The highest BCUT2D eigenvalue weighted by Crippen LogP contribution is 2.43. The number of methoxy groups -OCH3 is 2. The van der Waals surface area contributed by atoms with Gasteiger partial charge in [-0.1, -0.05) is 0 Å². The van der Waals surface area contributed by atoms with Gasteiger partial charge in [-0.05, 0) is 49.1 Å². The summed E-state index contributed by atoms with van der Waals surface area (Å²) in [5.41, 5.74) is 3.29. The Kier molecular flexibility index (Phi) is 5.06. The molecule has 0 atom stereocenters. The quantitative estimate of drug-likeness (QED) is 0.416. The van der Waals surface area contributed by atoms with E-state index in [0.717, 1.165) is 34.5 Å². The van der Waals surface area contributed by atoms with E-state index in [4.69, 9.17) is 13.9 Å². The monoisotopic (exact) mass is 435 g/mol. The van der Waals surface area contributed by atoms with Gasteiger partial charge in [-0.25, -0.2) is 4.79 Å². The molecule has 1 aliphatic rings. The molecule has 4 aromatic rings. The van der Waals surface area contributed by atoms with Crippen LogP contribution in [0, 0.1) is 5.92 Å². The summed E-state index contributed by atoms with van der Waals surface area (Å²) in [6, 6.07) is 11.1.